The summed E-state index contributed by atoms with van der Waals surface area (Å²) in [4.78, 5) is 4.94. The van der Waals surface area contributed by atoms with Crippen molar-refractivity contribution < 1.29 is 29.6 Å². The van der Waals surface area contributed by atoms with Crippen LogP contribution in [-0.4, -0.2) is 4.98 Å². The molecule has 40 heavy (non-hydrogen) atoms. The van der Waals surface area contributed by atoms with Gasteiger partial charge >= 0.3 is 0 Å². The molecule has 2 aliphatic heterocycles. The van der Waals surface area contributed by atoms with Crippen molar-refractivity contribution in [1.29, 1.82) is 0 Å². The van der Waals surface area contributed by atoms with E-state index in [0.717, 1.165) is 55.8 Å². The number of para-hydroxylation sites is 1. The first-order chi connectivity index (χ1) is 19.3. The molecule has 0 N–H and O–H groups in total. The van der Waals surface area contributed by atoms with Crippen molar-refractivity contribution in [2.75, 3.05) is 0 Å². The van der Waals surface area contributed by atoms with E-state index in [1.807, 2.05) is 24.3 Å². The minimum absolute atomic E-state index is 0. The molecule has 2 aliphatic rings. The molecule has 0 bridgehead atoms. The summed E-state index contributed by atoms with van der Waals surface area (Å²) in [6.07, 6.45) is 0. The van der Waals surface area contributed by atoms with E-state index < -0.39 is 7.92 Å². The first kappa shape index (κ1) is 23.8. The zero-order valence-corrected chi connectivity index (χ0v) is 24.3. The SMILES string of the molecule is [Ir].[c-]1c(-c2ccc3ccccc3n2)cc2c3c1Oc1cc4ccccc4cc1P3c1cc3ccccc3cc1O2. The zero-order valence-electron chi connectivity index (χ0n) is 21.0. The van der Waals surface area contributed by atoms with Gasteiger partial charge in [-0.05, 0) is 76.2 Å². The van der Waals surface area contributed by atoms with Crippen LogP contribution in [-0.2, 0) is 20.1 Å². The Labute approximate surface area is 245 Å². The molecule has 0 saturated carbocycles. The van der Waals surface area contributed by atoms with Gasteiger partial charge in [0.1, 0.15) is 11.5 Å². The van der Waals surface area contributed by atoms with Crippen LogP contribution in [0.1, 0.15) is 0 Å². The van der Waals surface area contributed by atoms with E-state index in [1.54, 1.807) is 0 Å². The van der Waals surface area contributed by atoms with Crippen LogP contribution >= 0.6 is 7.92 Å². The maximum atomic E-state index is 6.67. The van der Waals surface area contributed by atoms with Crippen LogP contribution in [0.15, 0.2) is 115 Å². The molecule has 5 heteroatoms. The number of hydrogen-bond acceptors (Lipinski definition) is 3. The standard InChI is InChI=1S/C35H19NO2P.Ir/c1-3-10-24-19-33-29(15-22(24)8-1)37-31-17-26(28-14-13-21-7-5-6-12-27(21)36-28)18-32-35(31)39(33)34-20-25-11-4-2-9-23(25)16-30(34)38-32;/h1-17,19-20H;/q-1;. The van der Waals surface area contributed by atoms with Crippen molar-refractivity contribution in [3.63, 3.8) is 0 Å². The van der Waals surface area contributed by atoms with E-state index in [-0.39, 0.29) is 20.1 Å². The van der Waals surface area contributed by atoms with Crippen LogP contribution < -0.4 is 25.4 Å². The molecule has 1 radical (unpaired) electrons. The first-order valence-corrected chi connectivity index (χ1v) is 14.3. The largest absolute Gasteiger partial charge is 0.475 e. The van der Waals surface area contributed by atoms with Crippen LogP contribution in [0.5, 0.6) is 23.0 Å². The molecule has 0 spiro atoms. The molecule has 0 saturated heterocycles. The molecule has 7 aromatic rings. The summed E-state index contributed by atoms with van der Waals surface area (Å²) >= 11 is 0. The van der Waals surface area contributed by atoms with Crippen LogP contribution in [0.2, 0.25) is 0 Å². The number of hydrogen-bond donors (Lipinski definition) is 0. The Morgan fingerprint density at radius 1 is 0.550 bits per heavy atom. The number of aromatic nitrogens is 1. The van der Waals surface area contributed by atoms with Crippen molar-refractivity contribution in [3.05, 3.63) is 121 Å². The molecule has 1 unspecified atom stereocenters. The Hall–Kier alpha value is -4.07. The Bertz CT molecular complexity index is 2050. The fourth-order valence-electron chi connectivity index (χ4n) is 5.77. The Morgan fingerprint density at radius 2 is 1.12 bits per heavy atom. The van der Waals surface area contributed by atoms with E-state index in [2.05, 4.69) is 97.1 Å². The summed E-state index contributed by atoms with van der Waals surface area (Å²) in [6.45, 7) is 0. The number of benzene rings is 6. The summed E-state index contributed by atoms with van der Waals surface area (Å²) in [5.74, 6) is 3.34. The number of ether oxygens (including phenoxy) is 2. The number of rotatable bonds is 1. The van der Waals surface area contributed by atoms with Gasteiger partial charge in [0, 0.05) is 30.7 Å². The second kappa shape index (κ2) is 8.98. The number of fused-ring (bicyclic) bond motifs is 7. The van der Waals surface area contributed by atoms with Gasteiger partial charge in [0.15, 0.2) is 0 Å². The molecule has 3 heterocycles. The van der Waals surface area contributed by atoms with E-state index in [0.29, 0.717) is 0 Å². The van der Waals surface area contributed by atoms with E-state index in [4.69, 9.17) is 14.5 Å². The predicted molar refractivity (Wildman–Crippen MR) is 160 cm³/mol. The second-order valence-electron chi connectivity index (χ2n) is 9.99. The number of pyridine rings is 1. The fraction of sp³-hybridized carbons (Fsp3) is 0. The second-order valence-corrected chi connectivity index (χ2v) is 12.1. The summed E-state index contributed by atoms with van der Waals surface area (Å²) < 4.78 is 13.3. The molecule has 1 aromatic heterocycles. The molecular weight excluding hydrogens is 690 g/mol. The molecule has 3 nitrogen and oxygen atoms in total. The van der Waals surface area contributed by atoms with Gasteiger partial charge in [-0.3, -0.25) is 4.98 Å². The fourth-order valence-corrected chi connectivity index (χ4v) is 8.35. The van der Waals surface area contributed by atoms with Crippen LogP contribution in [0.4, 0.5) is 0 Å². The average molecular weight is 709 g/mol. The number of nitrogens with zero attached hydrogens (tertiary/aromatic N) is 1. The maximum Gasteiger partial charge on any atom is 0.133 e. The quantitative estimate of drug-likeness (QED) is 0.128. The van der Waals surface area contributed by atoms with Gasteiger partial charge in [-0.1, -0.05) is 91.0 Å². The molecule has 0 aliphatic carbocycles. The van der Waals surface area contributed by atoms with Crippen LogP contribution in [0.3, 0.4) is 0 Å². The molecule has 1 atom stereocenters. The van der Waals surface area contributed by atoms with Gasteiger partial charge in [-0.2, -0.15) is 0 Å². The Kier molecular flexibility index (Phi) is 5.34. The third-order valence-electron chi connectivity index (χ3n) is 7.64. The predicted octanol–water partition coefficient (Wildman–Crippen LogP) is 7.98. The van der Waals surface area contributed by atoms with Crippen molar-refractivity contribution >= 4 is 56.3 Å². The summed E-state index contributed by atoms with van der Waals surface area (Å²) in [6, 6.07) is 43.9. The molecule has 0 fully saturated rings. The Morgan fingerprint density at radius 3 is 1.80 bits per heavy atom. The summed E-state index contributed by atoms with van der Waals surface area (Å²) in [5, 5.41) is 9.36. The van der Waals surface area contributed by atoms with Crippen molar-refractivity contribution in [3.8, 4) is 34.3 Å². The third-order valence-corrected chi connectivity index (χ3v) is 10.2. The van der Waals surface area contributed by atoms with Crippen molar-refractivity contribution in [1.82, 2.24) is 4.98 Å². The van der Waals surface area contributed by atoms with Gasteiger partial charge < -0.3 is 9.47 Å². The summed E-state index contributed by atoms with van der Waals surface area (Å²) in [5.41, 5.74) is 2.66. The molecule has 9 rings (SSSR count). The maximum absolute atomic E-state index is 6.67. The van der Waals surface area contributed by atoms with Crippen LogP contribution in [0.25, 0.3) is 43.7 Å². The van der Waals surface area contributed by atoms with Crippen molar-refractivity contribution in [2.24, 2.45) is 0 Å². The van der Waals surface area contributed by atoms with Gasteiger partial charge in [-0.25, -0.2) is 0 Å². The molecular formula is C35H19IrNO2P-. The molecule has 0 amide bonds. The topological polar surface area (TPSA) is 31.4 Å². The summed E-state index contributed by atoms with van der Waals surface area (Å²) in [7, 11) is -0.909. The van der Waals surface area contributed by atoms with Gasteiger partial charge in [0.2, 0.25) is 0 Å². The first-order valence-electron chi connectivity index (χ1n) is 13.0. The van der Waals surface area contributed by atoms with Gasteiger partial charge in [0.25, 0.3) is 0 Å². The molecule has 191 valence electrons. The minimum Gasteiger partial charge on any atom is -0.475 e. The Balaban J connectivity index is 0.00000245. The minimum atomic E-state index is -0.909. The average Bonchev–Trinajstić information content (AvgIpc) is 2.98. The molecule has 6 aromatic carbocycles. The van der Waals surface area contributed by atoms with E-state index in [1.165, 1.54) is 26.8 Å². The zero-order chi connectivity index (χ0) is 25.5. The van der Waals surface area contributed by atoms with E-state index >= 15 is 0 Å². The van der Waals surface area contributed by atoms with Gasteiger partial charge in [0.05, 0.1) is 17.0 Å². The van der Waals surface area contributed by atoms with Crippen molar-refractivity contribution in [2.45, 2.75) is 0 Å². The van der Waals surface area contributed by atoms with E-state index in [9.17, 15) is 0 Å². The van der Waals surface area contributed by atoms with Crippen LogP contribution in [0, 0.1) is 6.07 Å². The monoisotopic (exact) mass is 709 g/mol. The smallest absolute Gasteiger partial charge is 0.133 e. The normalized spacial score (nSPS) is 14.4. The third kappa shape index (κ3) is 3.54. The van der Waals surface area contributed by atoms with Gasteiger partial charge in [-0.15, -0.1) is 5.56 Å².